The summed E-state index contributed by atoms with van der Waals surface area (Å²) >= 11 is 0. The molecule has 0 aliphatic carbocycles. The number of hydrogen-bond donors (Lipinski definition) is 4. The number of nitrogens with one attached hydrogen (secondary N) is 3. The highest BCUT2D eigenvalue weighted by atomic mass is 16.4. The van der Waals surface area contributed by atoms with Gasteiger partial charge in [-0.05, 0) is 0 Å². The second-order valence-electron chi connectivity index (χ2n) is 2.43. The van der Waals surface area contributed by atoms with Gasteiger partial charge in [0.2, 0.25) is 5.82 Å². The molecule has 0 saturated carbocycles. The Kier molecular flexibility index (Phi) is 3.00. The van der Waals surface area contributed by atoms with E-state index in [1.165, 1.54) is 0 Å². The van der Waals surface area contributed by atoms with Crippen molar-refractivity contribution in [1.82, 2.24) is 20.5 Å². The maximum absolute atomic E-state index is 11.1. The summed E-state index contributed by atoms with van der Waals surface area (Å²) in [5, 5.41) is 15.9. The second kappa shape index (κ2) is 4.21. The predicted octanol–water partition coefficient (Wildman–Crippen LogP) is -1.70. The third kappa shape index (κ3) is 2.73. The van der Waals surface area contributed by atoms with Gasteiger partial charge in [-0.3, -0.25) is 14.6 Å². The van der Waals surface area contributed by atoms with Gasteiger partial charge in [0.05, 0.1) is 6.42 Å². The van der Waals surface area contributed by atoms with E-state index in [4.69, 9.17) is 5.11 Å². The van der Waals surface area contributed by atoms with E-state index in [2.05, 4.69) is 15.4 Å². The first kappa shape index (κ1) is 9.96. The quantitative estimate of drug-likeness (QED) is 0.460. The Morgan fingerprint density at radius 2 is 2.21 bits per heavy atom. The lowest BCUT2D eigenvalue weighted by Crippen LogP contribution is -2.27. The number of carbonyl (C=O) groups excluding carboxylic acids is 1. The van der Waals surface area contributed by atoms with Crippen molar-refractivity contribution in [2.24, 2.45) is 0 Å². The number of hydrogen-bond acceptors (Lipinski definition) is 4. The summed E-state index contributed by atoms with van der Waals surface area (Å²) in [6.45, 7) is -0.0109. The molecule has 8 nitrogen and oxygen atoms in total. The first-order valence-electron chi connectivity index (χ1n) is 3.74. The van der Waals surface area contributed by atoms with E-state index in [1.54, 1.807) is 0 Å². The Balaban J connectivity index is 2.43. The average Bonchev–Trinajstić information content (AvgIpc) is 2.51. The van der Waals surface area contributed by atoms with Crippen molar-refractivity contribution < 1.29 is 14.7 Å². The van der Waals surface area contributed by atoms with E-state index in [-0.39, 0.29) is 18.8 Å². The largest absolute Gasteiger partial charge is 0.481 e. The van der Waals surface area contributed by atoms with E-state index >= 15 is 0 Å². The van der Waals surface area contributed by atoms with Crippen LogP contribution in [0.15, 0.2) is 4.79 Å². The van der Waals surface area contributed by atoms with Crippen LogP contribution >= 0.6 is 0 Å². The summed E-state index contributed by atoms with van der Waals surface area (Å²) in [6, 6.07) is 0. The molecule has 14 heavy (non-hydrogen) atoms. The molecule has 1 aromatic rings. The van der Waals surface area contributed by atoms with Crippen LogP contribution in [-0.2, 0) is 4.79 Å². The first-order valence-corrected chi connectivity index (χ1v) is 3.74. The van der Waals surface area contributed by atoms with E-state index in [1.807, 2.05) is 5.10 Å². The molecule has 8 heteroatoms. The SMILES string of the molecule is O=C(O)CCNC(=O)c1n[nH]c(=O)[nH]1. The molecule has 0 unspecified atom stereocenters. The van der Waals surface area contributed by atoms with Crippen LogP contribution in [0.4, 0.5) is 0 Å². The third-order valence-corrected chi connectivity index (χ3v) is 1.34. The molecule has 0 aromatic carbocycles. The summed E-state index contributed by atoms with van der Waals surface area (Å²) < 4.78 is 0. The fraction of sp³-hybridized carbons (Fsp3) is 0.333. The number of amides is 1. The monoisotopic (exact) mass is 200 g/mol. The fourth-order valence-corrected chi connectivity index (χ4v) is 0.744. The van der Waals surface area contributed by atoms with Crippen LogP contribution in [-0.4, -0.2) is 38.7 Å². The molecule has 0 atom stereocenters. The molecule has 1 aromatic heterocycles. The fourth-order valence-electron chi connectivity index (χ4n) is 0.744. The summed E-state index contributed by atoms with van der Waals surface area (Å²) in [5.74, 6) is -1.80. The summed E-state index contributed by atoms with van der Waals surface area (Å²) in [5.41, 5.74) is -0.589. The van der Waals surface area contributed by atoms with Crippen molar-refractivity contribution in [2.75, 3.05) is 6.54 Å². The van der Waals surface area contributed by atoms with Gasteiger partial charge in [-0.2, -0.15) is 0 Å². The van der Waals surface area contributed by atoms with Gasteiger partial charge in [-0.25, -0.2) is 9.89 Å². The van der Waals surface area contributed by atoms with Crippen LogP contribution in [0.5, 0.6) is 0 Å². The molecule has 4 N–H and O–H groups in total. The van der Waals surface area contributed by atoms with Crippen LogP contribution in [0.25, 0.3) is 0 Å². The number of carbonyl (C=O) groups is 2. The highest BCUT2D eigenvalue weighted by Crippen LogP contribution is 1.83. The summed E-state index contributed by atoms with van der Waals surface area (Å²) in [4.78, 5) is 33.8. The number of H-pyrrole nitrogens is 2. The smallest absolute Gasteiger partial charge is 0.341 e. The van der Waals surface area contributed by atoms with E-state index in [0.29, 0.717) is 0 Å². The van der Waals surface area contributed by atoms with Gasteiger partial charge in [-0.15, -0.1) is 5.10 Å². The Hall–Kier alpha value is -2.12. The lowest BCUT2D eigenvalue weighted by atomic mass is 10.4. The minimum atomic E-state index is -1.01. The zero-order valence-corrected chi connectivity index (χ0v) is 7.03. The molecule has 0 spiro atoms. The Labute approximate surface area is 77.3 Å². The van der Waals surface area contributed by atoms with Gasteiger partial charge in [-0.1, -0.05) is 0 Å². The molecule has 76 valence electrons. The molecule has 1 amide bonds. The van der Waals surface area contributed by atoms with Crippen LogP contribution in [0.3, 0.4) is 0 Å². The molecule has 0 saturated heterocycles. The van der Waals surface area contributed by atoms with Crippen LogP contribution in [0, 0.1) is 0 Å². The highest BCUT2D eigenvalue weighted by Gasteiger charge is 2.09. The number of carboxylic acid groups (broad SMARTS) is 1. The number of aromatic nitrogens is 3. The van der Waals surface area contributed by atoms with Crippen molar-refractivity contribution in [1.29, 1.82) is 0 Å². The number of aliphatic carboxylic acids is 1. The lowest BCUT2D eigenvalue weighted by Gasteiger charge is -1.98. The van der Waals surface area contributed by atoms with E-state index in [0.717, 1.165) is 0 Å². The molecule has 0 aliphatic rings. The maximum atomic E-state index is 11.1. The van der Waals surface area contributed by atoms with Gasteiger partial charge < -0.3 is 10.4 Å². The maximum Gasteiger partial charge on any atom is 0.341 e. The minimum absolute atomic E-state index is 0.0109. The number of nitrogens with zero attached hydrogens (tertiary/aromatic N) is 1. The molecular formula is C6H8N4O4. The molecule has 1 heterocycles. The lowest BCUT2D eigenvalue weighted by molar-refractivity contribution is -0.136. The Bertz CT molecular complexity index is 393. The van der Waals surface area contributed by atoms with E-state index < -0.39 is 17.6 Å². The van der Waals surface area contributed by atoms with Crippen LogP contribution in [0.2, 0.25) is 0 Å². The van der Waals surface area contributed by atoms with Gasteiger partial charge in [0.15, 0.2) is 0 Å². The first-order chi connectivity index (χ1) is 6.59. The predicted molar refractivity (Wildman–Crippen MR) is 43.8 cm³/mol. The van der Waals surface area contributed by atoms with E-state index in [9.17, 15) is 14.4 Å². The number of aromatic amines is 2. The topological polar surface area (TPSA) is 128 Å². The van der Waals surface area contributed by atoms with Crippen molar-refractivity contribution in [3.63, 3.8) is 0 Å². The molecule has 1 rings (SSSR count). The van der Waals surface area contributed by atoms with Gasteiger partial charge >= 0.3 is 11.7 Å². The van der Waals surface area contributed by atoms with Crippen molar-refractivity contribution >= 4 is 11.9 Å². The Morgan fingerprint density at radius 3 is 2.71 bits per heavy atom. The van der Waals surface area contributed by atoms with Crippen LogP contribution < -0.4 is 11.0 Å². The average molecular weight is 200 g/mol. The summed E-state index contributed by atoms with van der Waals surface area (Å²) in [7, 11) is 0. The minimum Gasteiger partial charge on any atom is -0.481 e. The molecular weight excluding hydrogens is 192 g/mol. The molecule has 0 bridgehead atoms. The van der Waals surface area contributed by atoms with Crippen LogP contribution in [0.1, 0.15) is 17.0 Å². The van der Waals surface area contributed by atoms with Crippen molar-refractivity contribution in [2.45, 2.75) is 6.42 Å². The summed E-state index contributed by atoms with van der Waals surface area (Å²) in [6.07, 6.45) is -0.180. The van der Waals surface area contributed by atoms with Crippen molar-refractivity contribution in [3.05, 3.63) is 16.3 Å². The van der Waals surface area contributed by atoms with Crippen molar-refractivity contribution in [3.8, 4) is 0 Å². The molecule has 0 aliphatic heterocycles. The van der Waals surface area contributed by atoms with Gasteiger partial charge in [0, 0.05) is 6.54 Å². The standard InChI is InChI=1S/C6H8N4O4/c11-3(12)1-2-7-5(13)4-8-6(14)10-9-4/h1-2H2,(H,7,13)(H,11,12)(H2,8,9,10,14). The second-order valence-corrected chi connectivity index (χ2v) is 2.43. The highest BCUT2D eigenvalue weighted by molar-refractivity contribution is 5.90. The molecule has 0 fully saturated rings. The Morgan fingerprint density at radius 1 is 1.50 bits per heavy atom. The van der Waals surface area contributed by atoms with Gasteiger partial charge in [0.25, 0.3) is 5.91 Å². The molecule has 0 radical (unpaired) electrons. The van der Waals surface area contributed by atoms with Gasteiger partial charge in [0.1, 0.15) is 0 Å². The zero-order chi connectivity index (χ0) is 10.6. The number of rotatable bonds is 4. The normalized spacial score (nSPS) is 9.71. The third-order valence-electron chi connectivity index (χ3n) is 1.34. The number of carboxylic acids is 1. The zero-order valence-electron chi connectivity index (χ0n) is 7.03.